The molecule has 2 aromatic rings. The Morgan fingerprint density at radius 3 is 2.52 bits per heavy atom. The number of rotatable bonds is 5. The highest BCUT2D eigenvalue weighted by molar-refractivity contribution is 6.33. The third-order valence-corrected chi connectivity index (χ3v) is 4.83. The Bertz CT molecular complexity index is 817. The second-order valence-corrected chi connectivity index (χ2v) is 6.78. The fraction of sp³-hybridized carbons (Fsp3) is 0.300. The Balaban J connectivity index is 1.65. The average molecular weight is 390 g/mol. The molecule has 3 rings (SSSR count). The number of halogens is 1. The van der Waals surface area contributed by atoms with Gasteiger partial charge < -0.3 is 19.7 Å². The predicted molar refractivity (Wildman–Crippen MR) is 102 cm³/mol. The van der Waals surface area contributed by atoms with Crippen LogP contribution in [0.1, 0.15) is 26.3 Å². The lowest BCUT2D eigenvalue weighted by molar-refractivity contribution is -0.921. The monoisotopic (exact) mass is 389 g/mol. The molecule has 0 atom stereocenters. The van der Waals surface area contributed by atoms with Crippen LogP contribution in [-0.2, 0) is 16.0 Å². The van der Waals surface area contributed by atoms with Crippen LogP contribution in [0.3, 0.4) is 0 Å². The van der Waals surface area contributed by atoms with Crippen LogP contribution in [0.2, 0.25) is 5.02 Å². The molecule has 0 aromatic heterocycles. The summed E-state index contributed by atoms with van der Waals surface area (Å²) in [5.74, 6) is -0.801. The van der Waals surface area contributed by atoms with Gasteiger partial charge in [0.25, 0.3) is 5.91 Å². The molecule has 1 heterocycles. The summed E-state index contributed by atoms with van der Waals surface area (Å²) in [6, 6.07) is 12.3. The number of hydrogen-bond donors (Lipinski definition) is 2. The van der Waals surface area contributed by atoms with Gasteiger partial charge in [-0.05, 0) is 30.3 Å². The SMILES string of the molecule is COC(=O)c1cc(NC(=O)c2ccc(C[NH+]3CCOCC3)cc2)ccc1Cl. The maximum atomic E-state index is 12.5. The number of amides is 1. The molecule has 0 saturated carbocycles. The Morgan fingerprint density at radius 1 is 1.15 bits per heavy atom. The van der Waals surface area contributed by atoms with Crippen molar-refractivity contribution in [3.05, 3.63) is 64.2 Å². The summed E-state index contributed by atoms with van der Waals surface area (Å²) >= 11 is 6.00. The van der Waals surface area contributed by atoms with E-state index in [-0.39, 0.29) is 16.5 Å². The van der Waals surface area contributed by atoms with Crippen molar-refractivity contribution in [2.75, 3.05) is 38.7 Å². The highest BCUT2D eigenvalue weighted by atomic mass is 35.5. The van der Waals surface area contributed by atoms with Gasteiger partial charge in [0.2, 0.25) is 0 Å². The molecule has 0 radical (unpaired) electrons. The fourth-order valence-electron chi connectivity index (χ4n) is 2.97. The van der Waals surface area contributed by atoms with E-state index in [9.17, 15) is 9.59 Å². The highest BCUT2D eigenvalue weighted by Crippen LogP contribution is 2.22. The molecular weight excluding hydrogens is 368 g/mol. The van der Waals surface area contributed by atoms with Gasteiger partial charge in [0.05, 0.1) is 30.9 Å². The summed E-state index contributed by atoms with van der Waals surface area (Å²) in [4.78, 5) is 25.7. The van der Waals surface area contributed by atoms with Gasteiger partial charge in [0.1, 0.15) is 19.6 Å². The molecule has 0 bridgehead atoms. The first-order valence-electron chi connectivity index (χ1n) is 8.76. The van der Waals surface area contributed by atoms with E-state index in [0.29, 0.717) is 11.3 Å². The molecule has 0 spiro atoms. The van der Waals surface area contributed by atoms with Gasteiger partial charge in [-0.1, -0.05) is 23.7 Å². The van der Waals surface area contributed by atoms with Crippen molar-refractivity contribution >= 4 is 29.2 Å². The Hall–Kier alpha value is -2.41. The van der Waals surface area contributed by atoms with Crippen LogP contribution in [0, 0.1) is 0 Å². The van der Waals surface area contributed by atoms with E-state index in [2.05, 4.69) is 5.32 Å². The molecule has 1 saturated heterocycles. The van der Waals surface area contributed by atoms with Crippen molar-refractivity contribution in [1.29, 1.82) is 0 Å². The van der Waals surface area contributed by atoms with Crippen molar-refractivity contribution in [1.82, 2.24) is 0 Å². The average Bonchev–Trinajstić information content (AvgIpc) is 2.70. The van der Waals surface area contributed by atoms with Gasteiger partial charge in [0, 0.05) is 16.8 Å². The predicted octanol–water partition coefficient (Wildman–Crippen LogP) is 1.79. The normalized spacial score (nSPS) is 14.6. The van der Waals surface area contributed by atoms with Crippen molar-refractivity contribution in [3.8, 4) is 0 Å². The zero-order valence-electron chi connectivity index (χ0n) is 15.1. The summed E-state index contributed by atoms with van der Waals surface area (Å²) in [7, 11) is 1.28. The summed E-state index contributed by atoms with van der Waals surface area (Å²) in [5.41, 5.74) is 2.42. The van der Waals surface area contributed by atoms with E-state index in [1.54, 1.807) is 12.1 Å². The molecule has 0 aliphatic carbocycles. The van der Waals surface area contributed by atoms with Gasteiger partial charge >= 0.3 is 5.97 Å². The molecule has 1 amide bonds. The minimum absolute atomic E-state index is 0.209. The number of ether oxygens (including phenoxy) is 2. The number of benzene rings is 2. The first kappa shape index (κ1) is 19.4. The van der Waals surface area contributed by atoms with Crippen LogP contribution in [0.4, 0.5) is 5.69 Å². The Labute approximate surface area is 163 Å². The van der Waals surface area contributed by atoms with E-state index < -0.39 is 5.97 Å². The van der Waals surface area contributed by atoms with Crippen LogP contribution in [0.5, 0.6) is 0 Å². The number of hydrogen-bond acceptors (Lipinski definition) is 4. The van der Waals surface area contributed by atoms with Gasteiger partial charge in [0.15, 0.2) is 0 Å². The molecule has 7 heteroatoms. The van der Waals surface area contributed by atoms with E-state index >= 15 is 0 Å². The minimum Gasteiger partial charge on any atom is -0.465 e. The molecule has 27 heavy (non-hydrogen) atoms. The van der Waals surface area contributed by atoms with E-state index in [0.717, 1.165) is 32.8 Å². The summed E-state index contributed by atoms with van der Waals surface area (Å²) < 4.78 is 10.1. The lowest BCUT2D eigenvalue weighted by Gasteiger charge is -2.23. The molecule has 2 N–H and O–H groups in total. The van der Waals surface area contributed by atoms with Crippen LogP contribution in [-0.4, -0.2) is 45.3 Å². The zero-order valence-corrected chi connectivity index (χ0v) is 15.8. The zero-order chi connectivity index (χ0) is 19.2. The van der Waals surface area contributed by atoms with Gasteiger partial charge in [-0.25, -0.2) is 4.79 Å². The quantitative estimate of drug-likeness (QED) is 0.765. The molecule has 6 nitrogen and oxygen atoms in total. The molecule has 2 aromatic carbocycles. The number of carbonyl (C=O) groups is 2. The number of methoxy groups -OCH3 is 1. The first-order chi connectivity index (χ1) is 13.1. The van der Waals surface area contributed by atoms with Crippen LogP contribution >= 0.6 is 11.6 Å². The lowest BCUT2D eigenvalue weighted by atomic mass is 10.1. The molecule has 1 aliphatic heterocycles. The maximum Gasteiger partial charge on any atom is 0.339 e. The summed E-state index contributed by atoms with van der Waals surface area (Å²) in [5, 5.41) is 3.05. The highest BCUT2D eigenvalue weighted by Gasteiger charge is 2.15. The lowest BCUT2D eigenvalue weighted by Crippen LogP contribution is -3.12. The maximum absolute atomic E-state index is 12.5. The van der Waals surface area contributed by atoms with E-state index in [1.165, 1.54) is 23.6 Å². The summed E-state index contributed by atoms with van der Waals surface area (Å²) in [6.45, 7) is 4.52. The van der Waals surface area contributed by atoms with E-state index in [1.807, 2.05) is 24.3 Å². The third-order valence-electron chi connectivity index (χ3n) is 4.50. The third kappa shape index (κ3) is 5.07. The molecule has 0 unspecified atom stereocenters. The second-order valence-electron chi connectivity index (χ2n) is 6.38. The summed E-state index contributed by atoms with van der Waals surface area (Å²) in [6.07, 6.45) is 0. The Morgan fingerprint density at radius 2 is 1.85 bits per heavy atom. The van der Waals surface area contributed by atoms with Crippen molar-refractivity contribution in [2.45, 2.75) is 6.54 Å². The van der Waals surface area contributed by atoms with Gasteiger partial charge in [-0.15, -0.1) is 0 Å². The largest absolute Gasteiger partial charge is 0.465 e. The smallest absolute Gasteiger partial charge is 0.339 e. The molecule has 142 valence electrons. The fourth-order valence-corrected chi connectivity index (χ4v) is 3.17. The Kier molecular flexibility index (Phi) is 6.45. The van der Waals surface area contributed by atoms with Crippen molar-refractivity contribution in [3.63, 3.8) is 0 Å². The first-order valence-corrected chi connectivity index (χ1v) is 9.14. The van der Waals surface area contributed by atoms with Crippen molar-refractivity contribution in [2.24, 2.45) is 0 Å². The number of esters is 1. The van der Waals surface area contributed by atoms with Gasteiger partial charge in [-0.2, -0.15) is 0 Å². The standard InChI is InChI=1S/C20H21ClN2O4/c1-26-20(25)17-12-16(6-7-18(17)21)22-19(24)15-4-2-14(3-5-15)13-23-8-10-27-11-9-23/h2-7,12H,8-11,13H2,1H3,(H,22,24)/p+1. The number of morpholine rings is 1. The van der Waals surface area contributed by atoms with E-state index in [4.69, 9.17) is 21.1 Å². The number of nitrogens with one attached hydrogen (secondary N) is 2. The molecule has 1 aliphatic rings. The van der Waals surface area contributed by atoms with Crippen molar-refractivity contribution < 1.29 is 24.0 Å². The van der Waals surface area contributed by atoms with Crippen LogP contribution in [0.15, 0.2) is 42.5 Å². The topological polar surface area (TPSA) is 69.1 Å². The molecule has 1 fully saturated rings. The molecular formula is C20H22ClN2O4+. The minimum atomic E-state index is -0.550. The number of anilines is 1. The van der Waals surface area contributed by atoms with Gasteiger partial charge in [-0.3, -0.25) is 4.79 Å². The number of quaternary nitrogens is 1. The van der Waals surface area contributed by atoms with Crippen LogP contribution in [0.25, 0.3) is 0 Å². The second kappa shape index (κ2) is 8.99. The number of carbonyl (C=O) groups excluding carboxylic acids is 2. The van der Waals surface area contributed by atoms with Crippen LogP contribution < -0.4 is 10.2 Å².